The van der Waals surface area contributed by atoms with Crippen molar-refractivity contribution in [3.63, 3.8) is 0 Å². The second-order valence-corrected chi connectivity index (χ2v) is 2.89. The minimum atomic E-state index is 1.09. The summed E-state index contributed by atoms with van der Waals surface area (Å²) in [4.78, 5) is 2.27. The quantitative estimate of drug-likeness (QED) is 0.530. The van der Waals surface area contributed by atoms with Gasteiger partial charge in [-0.2, -0.15) is 0 Å². The number of nitrogens with one attached hydrogen (secondary N) is 1. The van der Waals surface area contributed by atoms with Gasteiger partial charge in [0.15, 0.2) is 0 Å². The van der Waals surface area contributed by atoms with Crippen LogP contribution in [0.2, 0.25) is 0 Å². The van der Waals surface area contributed by atoms with E-state index in [1.807, 2.05) is 0 Å². The molecule has 0 bridgehead atoms. The lowest BCUT2D eigenvalue weighted by atomic mass is 10.4. The highest BCUT2D eigenvalue weighted by atomic mass is 31.0. The third-order valence-corrected chi connectivity index (χ3v) is 1.89. The van der Waals surface area contributed by atoms with Crippen molar-refractivity contribution in [2.45, 2.75) is 0 Å². The van der Waals surface area contributed by atoms with Crippen LogP contribution < -0.4 is 5.32 Å². The predicted molar refractivity (Wildman–Crippen MR) is 43.3 cm³/mol. The predicted octanol–water partition coefficient (Wildman–Crippen LogP) is 0.238. The molecule has 52 valence electrons. The van der Waals surface area contributed by atoms with Crippen molar-refractivity contribution < 1.29 is 0 Å². The van der Waals surface area contributed by atoms with E-state index in [0.717, 1.165) is 31.6 Å². The van der Waals surface area contributed by atoms with E-state index in [2.05, 4.69) is 26.0 Å². The standard InChI is InChI=1S/C6H13N2P/c1-6(9)8-4-2-7-3-5-8/h7H,1-5,9H2. The monoisotopic (exact) mass is 144 g/mol. The molecule has 9 heavy (non-hydrogen) atoms. The Morgan fingerprint density at radius 2 is 2.00 bits per heavy atom. The zero-order valence-electron chi connectivity index (χ0n) is 5.56. The van der Waals surface area contributed by atoms with Crippen LogP contribution in [0.5, 0.6) is 0 Å². The molecule has 0 spiro atoms. The Morgan fingerprint density at radius 1 is 1.44 bits per heavy atom. The van der Waals surface area contributed by atoms with E-state index in [1.54, 1.807) is 0 Å². The van der Waals surface area contributed by atoms with Crippen molar-refractivity contribution in [2.24, 2.45) is 0 Å². The van der Waals surface area contributed by atoms with Crippen LogP contribution in [0.15, 0.2) is 12.0 Å². The molecule has 0 amide bonds. The molecule has 0 aromatic rings. The van der Waals surface area contributed by atoms with Crippen LogP contribution in [-0.2, 0) is 0 Å². The largest absolute Gasteiger partial charge is 0.370 e. The summed E-state index contributed by atoms with van der Waals surface area (Å²) in [6.45, 7) is 8.22. The van der Waals surface area contributed by atoms with Gasteiger partial charge in [0.25, 0.3) is 0 Å². The molecular formula is C6H13N2P. The minimum Gasteiger partial charge on any atom is -0.370 e. The normalized spacial score (nSPS) is 19.9. The summed E-state index contributed by atoms with van der Waals surface area (Å²) < 4.78 is 0. The Hall–Kier alpha value is -0.0700. The zero-order chi connectivity index (χ0) is 6.69. The fraction of sp³-hybridized carbons (Fsp3) is 0.667. The van der Waals surface area contributed by atoms with Gasteiger partial charge in [-0.05, 0) is 0 Å². The molecule has 1 N–H and O–H groups in total. The molecule has 0 radical (unpaired) electrons. The average Bonchev–Trinajstić information content (AvgIpc) is 1.90. The van der Waals surface area contributed by atoms with E-state index >= 15 is 0 Å². The molecule has 0 aliphatic carbocycles. The van der Waals surface area contributed by atoms with Crippen LogP contribution in [0, 0.1) is 0 Å². The SMILES string of the molecule is C=C(P)N1CCNCC1. The van der Waals surface area contributed by atoms with Crippen molar-refractivity contribution in [2.75, 3.05) is 26.2 Å². The smallest absolute Gasteiger partial charge is 0.0303 e. The van der Waals surface area contributed by atoms with Crippen LogP contribution in [-0.4, -0.2) is 31.1 Å². The van der Waals surface area contributed by atoms with Gasteiger partial charge in [0, 0.05) is 31.6 Å². The van der Waals surface area contributed by atoms with Crippen LogP contribution in [0.3, 0.4) is 0 Å². The lowest BCUT2D eigenvalue weighted by molar-refractivity contribution is 0.318. The number of hydrogen-bond acceptors (Lipinski definition) is 2. The second kappa shape index (κ2) is 3.19. The summed E-state index contributed by atoms with van der Waals surface area (Å²) in [5.41, 5.74) is 1.11. The molecule has 1 atom stereocenters. The fourth-order valence-corrected chi connectivity index (χ4v) is 1.21. The first kappa shape index (κ1) is 7.04. The molecule has 1 saturated heterocycles. The molecule has 3 heteroatoms. The van der Waals surface area contributed by atoms with Gasteiger partial charge >= 0.3 is 0 Å². The van der Waals surface area contributed by atoms with Crippen LogP contribution in [0.1, 0.15) is 0 Å². The van der Waals surface area contributed by atoms with Gasteiger partial charge in [0.05, 0.1) is 0 Å². The maximum atomic E-state index is 3.84. The molecule has 1 aliphatic heterocycles. The third kappa shape index (κ3) is 1.96. The molecule has 1 unspecified atom stereocenters. The molecule has 0 aromatic heterocycles. The highest BCUT2D eigenvalue weighted by molar-refractivity contribution is 7.22. The van der Waals surface area contributed by atoms with Crippen LogP contribution >= 0.6 is 9.24 Å². The molecule has 2 nitrogen and oxygen atoms in total. The zero-order valence-corrected chi connectivity index (χ0v) is 6.71. The molecule has 1 rings (SSSR count). The summed E-state index contributed by atoms with van der Waals surface area (Å²) in [7, 11) is 2.63. The van der Waals surface area contributed by atoms with E-state index in [9.17, 15) is 0 Å². The maximum Gasteiger partial charge on any atom is 0.0303 e. The van der Waals surface area contributed by atoms with E-state index < -0.39 is 0 Å². The fourth-order valence-electron chi connectivity index (χ4n) is 0.952. The number of nitrogens with zero attached hydrogens (tertiary/aromatic N) is 1. The van der Waals surface area contributed by atoms with Gasteiger partial charge in [-0.25, -0.2) is 0 Å². The van der Waals surface area contributed by atoms with Gasteiger partial charge in [-0.1, -0.05) is 15.8 Å². The second-order valence-electron chi connectivity index (χ2n) is 2.23. The van der Waals surface area contributed by atoms with E-state index in [-0.39, 0.29) is 0 Å². The topological polar surface area (TPSA) is 15.3 Å². The Morgan fingerprint density at radius 3 is 2.33 bits per heavy atom. The molecule has 0 aromatic carbocycles. The first-order valence-corrected chi connectivity index (χ1v) is 3.78. The number of rotatable bonds is 1. The van der Waals surface area contributed by atoms with Gasteiger partial charge in [-0.3, -0.25) is 0 Å². The average molecular weight is 144 g/mol. The Kier molecular flexibility index (Phi) is 2.49. The minimum absolute atomic E-state index is 1.09. The first-order valence-electron chi connectivity index (χ1n) is 3.21. The first-order chi connectivity index (χ1) is 4.30. The maximum absolute atomic E-state index is 3.84. The Balaban J connectivity index is 2.31. The number of hydrogen-bond donors (Lipinski definition) is 1. The lowest BCUT2D eigenvalue weighted by Gasteiger charge is -2.28. The van der Waals surface area contributed by atoms with E-state index in [0.29, 0.717) is 0 Å². The van der Waals surface area contributed by atoms with Crippen molar-refractivity contribution >= 4 is 9.24 Å². The van der Waals surface area contributed by atoms with E-state index in [1.165, 1.54) is 0 Å². The highest BCUT2D eigenvalue weighted by Crippen LogP contribution is 2.08. The van der Waals surface area contributed by atoms with Crippen molar-refractivity contribution in [3.05, 3.63) is 12.0 Å². The summed E-state index contributed by atoms with van der Waals surface area (Å²) in [5, 5.41) is 3.28. The summed E-state index contributed by atoms with van der Waals surface area (Å²) >= 11 is 0. The molecule has 1 fully saturated rings. The van der Waals surface area contributed by atoms with Gasteiger partial charge in [0.1, 0.15) is 0 Å². The molecule has 1 aliphatic rings. The Labute approximate surface area is 58.5 Å². The summed E-state index contributed by atoms with van der Waals surface area (Å²) in [6.07, 6.45) is 0. The highest BCUT2D eigenvalue weighted by Gasteiger charge is 2.06. The lowest BCUT2D eigenvalue weighted by Crippen LogP contribution is -2.41. The van der Waals surface area contributed by atoms with Crippen LogP contribution in [0.25, 0.3) is 0 Å². The summed E-state index contributed by atoms with van der Waals surface area (Å²) in [6, 6.07) is 0. The molecule has 0 saturated carbocycles. The van der Waals surface area contributed by atoms with Gasteiger partial charge < -0.3 is 10.2 Å². The van der Waals surface area contributed by atoms with Gasteiger partial charge in [-0.15, -0.1) is 0 Å². The molecular weight excluding hydrogens is 131 g/mol. The van der Waals surface area contributed by atoms with Crippen molar-refractivity contribution in [1.82, 2.24) is 10.2 Å². The number of piperazine rings is 1. The Bertz CT molecular complexity index is 108. The third-order valence-electron chi connectivity index (χ3n) is 1.52. The van der Waals surface area contributed by atoms with E-state index in [4.69, 9.17) is 0 Å². The van der Waals surface area contributed by atoms with Crippen molar-refractivity contribution in [1.29, 1.82) is 0 Å². The summed E-state index contributed by atoms with van der Waals surface area (Å²) in [5.74, 6) is 0. The molecule has 1 heterocycles. The van der Waals surface area contributed by atoms with Crippen LogP contribution in [0.4, 0.5) is 0 Å². The van der Waals surface area contributed by atoms with Gasteiger partial charge in [0.2, 0.25) is 0 Å². The van der Waals surface area contributed by atoms with Crippen molar-refractivity contribution in [3.8, 4) is 0 Å².